The number of hydrogen-bond donors (Lipinski definition) is 1. The van der Waals surface area contributed by atoms with Crippen LogP contribution in [-0.4, -0.2) is 25.9 Å². The van der Waals surface area contributed by atoms with Gasteiger partial charge in [0.1, 0.15) is 12.3 Å². The standard InChI is InChI=1S/C17H27NO2/c1-17(2)12-14(9-11-20-17)8-10-18-13-15-4-6-16(19-3)7-5-15/h4-7,14,18H,8-13H2,1-3H3/p+1/t14-/m1/s1. The van der Waals surface area contributed by atoms with Crippen LogP contribution in [0.3, 0.4) is 0 Å². The number of methoxy groups -OCH3 is 1. The van der Waals surface area contributed by atoms with E-state index in [4.69, 9.17) is 9.47 Å². The first-order valence-corrected chi connectivity index (χ1v) is 7.67. The van der Waals surface area contributed by atoms with Crippen molar-refractivity contribution in [1.29, 1.82) is 0 Å². The molecule has 0 radical (unpaired) electrons. The molecule has 1 saturated heterocycles. The van der Waals surface area contributed by atoms with E-state index in [0.29, 0.717) is 0 Å². The third-order valence-electron chi connectivity index (χ3n) is 4.12. The van der Waals surface area contributed by atoms with E-state index in [9.17, 15) is 0 Å². The molecule has 112 valence electrons. The maximum Gasteiger partial charge on any atom is 0.118 e. The summed E-state index contributed by atoms with van der Waals surface area (Å²) < 4.78 is 10.9. The summed E-state index contributed by atoms with van der Waals surface area (Å²) in [6.45, 7) is 7.60. The molecule has 1 aromatic rings. The van der Waals surface area contributed by atoms with Gasteiger partial charge < -0.3 is 14.8 Å². The Morgan fingerprint density at radius 1 is 1.30 bits per heavy atom. The molecule has 2 N–H and O–H groups in total. The van der Waals surface area contributed by atoms with Gasteiger partial charge in [0.2, 0.25) is 0 Å². The van der Waals surface area contributed by atoms with Crippen molar-refractivity contribution in [1.82, 2.24) is 0 Å². The lowest BCUT2D eigenvalue weighted by Crippen LogP contribution is -2.82. The van der Waals surface area contributed by atoms with Crippen LogP contribution in [0.25, 0.3) is 0 Å². The van der Waals surface area contributed by atoms with Crippen LogP contribution in [0, 0.1) is 5.92 Å². The molecular weight excluding hydrogens is 250 g/mol. The van der Waals surface area contributed by atoms with Crippen LogP contribution in [0.15, 0.2) is 24.3 Å². The lowest BCUT2D eigenvalue weighted by atomic mass is 9.86. The molecule has 1 heterocycles. The summed E-state index contributed by atoms with van der Waals surface area (Å²) in [4.78, 5) is 0. The van der Waals surface area contributed by atoms with Crippen LogP contribution in [0.5, 0.6) is 5.75 Å². The maximum absolute atomic E-state index is 5.77. The fourth-order valence-corrected chi connectivity index (χ4v) is 2.99. The van der Waals surface area contributed by atoms with Gasteiger partial charge in [0, 0.05) is 12.2 Å². The van der Waals surface area contributed by atoms with Crippen molar-refractivity contribution in [3.8, 4) is 5.75 Å². The molecule has 0 amide bonds. The van der Waals surface area contributed by atoms with Crippen molar-refractivity contribution in [2.24, 2.45) is 5.92 Å². The fourth-order valence-electron chi connectivity index (χ4n) is 2.99. The van der Waals surface area contributed by atoms with Crippen molar-refractivity contribution < 1.29 is 14.8 Å². The molecule has 0 saturated carbocycles. The highest BCUT2D eigenvalue weighted by atomic mass is 16.5. The van der Waals surface area contributed by atoms with Gasteiger partial charge in [-0.1, -0.05) is 0 Å². The number of ether oxygens (including phenoxy) is 2. The molecule has 20 heavy (non-hydrogen) atoms. The summed E-state index contributed by atoms with van der Waals surface area (Å²) >= 11 is 0. The van der Waals surface area contributed by atoms with Gasteiger partial charge >= 0.3 is 0 Å². The summed E-state index contributed by atoms with van der Waals surface area (Å²) in [6, 6.07) is 8.36. The fraction of sp³-hybridized carbons (Fsp3) is 0.647. The van der Waals surface area contributed by atoms with Crippen molar-refractivity contribution in [2.45, 2.75) is 45.3 Å². The quantitative estimate of drug-likeness (QED) is 0.811. The Morgan fingerprint density at radius 3 is 2.70 bits per heavy atom. The molecule has 1 aromatic carbocycles. The highest BCUT2D eigenvalue weighted by Crippen LogP contribution is 2.29. The second-order valence-corrected chi connectivity index (χ2v) is 6.39. The average Bonchev–Trinajstić information content (AvgIpc) is 2.43. The van der Waals surface area contributed by atoms with Gasteiger partial charge in [0.15, 0.2) is 0 Å². The van der Waals surface area contributed by atoms with Crippen molar-refractivity contribution in [3.63, 3.8) is 0 Å². The minimum Gasteiger partial charge on any atom is -0.497 e. The van der Waals surface area contributed by atoms with Gasteiger partial charge in [-0.2, -0.15) is 0 Å². The summed E-state index contributed by atoms with van der Waals surface area (Å²) in [5.41, 5.74) is 1.44. The molecule has 0 unspecified atom stereocenters. The number of hydrogen-bond acceptors (Lipinski definition) is 2. The molecule has 1 fully saturated rings. The topological polar surface area (TPSA) is 35.1 Å². The van der Waals surface area contributed by atoms with Gasteiger partial charge in [0.05, 0.1) is 19.3 Å². The number of quaternary nitrogens is 1. The predicted octanol–water partition coefficient (Wildman–Crippen LogP) is 2.35. The second-order valence-electron chi connectivity index (χ2n) is 6.39. The Hall–Kier alpha value is -1.06. The normalized spacial score (nSPS) is 21.6. The van der Waals surface area contributed by atoms with Crippen LogP contribution in [-0.2, 0) is 11.3 Å². The smallest absolute Gasteiger partial charge is 0.118 e. The zero-order valence-corrected chi connectivity index (χ0v) is 13.0. The highest BCUT2D eigenvalue weighted by molar-refractivity contribution is 5.26. The lowest BCUT2D eigenvalue weighted by molar-refractivity contribution is -0.671. The van der Waals surface area contributed by atoms with Gasteiger partial charge in [-0.05, 0) is 63.3 Å². The summed E-state index contributed by atoms with van der Waals surface area (Å²) in [5.74, 6) is 1.75. The SMILES string of the molecule is COc1ccc(C[NH2+]CC[C@@H]2CCOC(C)(C)C2)cc1. The van der Waals surface area contributed by atoms with Gasteiger partial charge in [0.25, 0.3) is 0 Å². The Bertz CT molecular complexity index is 400. The molecule has 0 aromatic heterocycles. The van der Waals surface area contributed by atoms with Gasteiger partial charge in [-0.15, -0.1) is 0 Å². The Balaban J connectivity index is 1.65. The molecule has 0 bridgehead atoms. The average molecular weight is 278 g/mol. The van der Waals surface area contributed by atoms with E-state index in [2.05, 4.69) is 31.3 Å². The van der Waals surface area contributed by atoms with Crippen LogP contribution in [0.4, 0.5) is 0 Å². The van der Waals surface area contributed by atoms with Crippen LogP contribution >= 0.6 is 0 Å². The minimum absolute atomic E-state index is 0.0822. The molecule has 3 nitrogen and oxygen atoms in total. The Labute approximate surface area is 122 Å². The zero-order chi connectivity index (χ0) is 14.4. The lowest BCUT2D eigenvalue weighted by Gasteiger charge is -2.35. The maximum atomic E-state index is 5.77. The number of benzene rings is 1. The Kier molecular flexibility index (Phi) is 5.44. The minimum atomic E-state index is 0.0822. The third-order valence-corrected chi connectivity index (χ3v) is 4.12. The molecule has 0 aliphatic carbocycles. The van der Waals surface area contributed by atoms with Crippen LogP contribution in [0.2, 0.25) is 0 Å². The zero-order valence-electron chi connectivity index (χ0n) is 13.0. The molecule has 1 aliphatic heterocycles. The molecule has 2 rings (SSSR count). The molecule has 0 spiro atoms. The van der Waals surface area contributed by atoms with E-state index in [0.717, 1.165) is 24.8 Å². The van der Waals surface area contributed by atoms with Crippen LogP contribution in [0.1, 0.15) is 38.7 Å². The number of nitrogens with two attached hydrogens (primary N) is 1. The first-order chi connectivity index (χ1) is 9.59. The van der Waals surface area contributed by atoms with Crippen molar-refractivity contribution in [3.05, 3.63) is 29.8 Å². The first kappa shape index (κ1) is 15.3. The summed E-state index contributed by atoms with van der Waals surface area (Å²) in [5, 5.41) is 2.41. The molecule has 1 aliphatic rings. The third kappa shape index (κ3) is 4.80. The first-order valence-electron chi connectivity index (χ1n) is 7.67. The molecular formula is C17H28NO2+. The van der Waals surface area contributed by atoms with Crippen molar-refractivity contribution in [2.75, 3.05) is 20.3 Å². The van der Waals surface area contributed by atoms with Gasteiger partial charge in [-0.3, -0.25) is 0 Å². The second kappa shape index (κ2) is 7.09. The van der Waals surface area contributed by atoms with E-state index in [1.54, 1.807) is 7.11 Å². The number of rotatable bonds is 6. The Morgan fingerprint density at radius 2 is 2.05 bits per heavy atom. The predicted molar refractivity (Wildman–Crippen MR) is 80.9 cm³/mol. The molecule has 1 atom stereocenters. The largest absolute Gasteiger partial charge is 0.497 e. The van der Waals surface area contributed by atoms with E-state index in [1.807, 2.05) is 12.1 Å². The highest BCUT2D eigenvalue weighted by Gasteiger charge is 2.28. The summed E-state index contributed by atoms with van der Waals surface area (Å²) in [6.07, 6.45) is 3.71. The van der Waals surface area contributed by atoms with E-state index >= 15 is 0 Å². The van der Waals surface area contributed by atoms with E-state index < -0.39 is 0 Å². The monoisotopic (exact) mass is 278 g/mol. The van der Waals surface area contributed by atoms with E-state index in [-0.39, 0.29) is 5.60 Å². The summed E-state index contributed by atoms with van der Waals surface area (Å²) in [7, 11) is 1.70. The van der Waals surface area contributed by atoms with Crippen molar-refractivity contribution >= 4 is 0 Å². The molecule has 3 heteroatoms. The van der Waals surface area contributed by atoms with E-state index in [1.165, 1.54) is 31.4 Å². The van der Waals surface area contributed by atoms with Crippen LogP contribution < -0.4 is 10.1 Å². The van der Waals surface area contributed by atoms with Gasteiger partial charge in [-0.25, -0.2) is 0 Å².